The van der Waals surface area contributed by atoms with E-state index in [0.717, 1.165) is 23.3 Å². The van der Waals surface area contributed by atoms with Crippen LogP contribution in [0.2, 0.25) is 0 Å². The fourth-order valence-corrected chi connectivity index (χ4v) is 3.30. The molecule has 0 aliphatic rings. The lowest BCUT2D eigenvalue weighted by Crippen LogP contribution is -1.95. The highest BCUT2D eigenvalue weighted by Crippen LogP contribution is 2.19. The molecule has 0 saturated carbocycles. The second-order valence-electron chi connectivity index (χ2n) is 5.81. The summed E-state index contributed by atoms with van der Waals surface area (Å²) in [5.74, 6) is 1.11. The molecule has 0 unspecified atom stereocenters. The third kappa shape index (κ3) is 5.68. The van der Waals surface area contributed by atoms with E-state index in [9.17, 15) is 4.79 Å². The zero-order valence-corrected chi connectivity index (χ0v) is 15.4. The number of benzene rings is 2. The summed E-state index contributed by atoms with van der Waals surface area (Å²) in [6, 6.07) is 16.2. The summed E-state index contributed by atoms with van der Waals surface area (Å²) in [7, 11) is 0. The molecule has 126 valence electrons. The minimum Gasteiger partial charge on any atom is -0.289 e. The quantitative estimate of drug-likeness (QED) is 0.227. The second-order valence-corrected chi connectivity index (χ2v) is 7.15. The molecule has 2 rings (SSSR count). The van der Waals surface area contributed by atoms with Gasteiger partial charge in [-0.1, -0.05) is 57.0 Å². The van der Waals surface area contributed by atoms with Crippen LogP contribution in [0, 0.1) is 0 Å². The molecule has 2 aromatic carbocycles. The molecule has 0 fully saturated rings. The first-order valence-electron chi connectivity index (χ1n) is 8.77. The fourth-order valence-electron chi connectivity index (χ4n) is 2.63. The molecule has 0 aromatic heterocycles. The van der Waals surface area contributed by atoms with E-state index in [1.54, 1.807) is 17.8 Å². The zero-order valence-electron chi connectivity index (χ0n) is 14.6. The van der Waals surface area contributed by atoms with Gasteiger partial charge in [-0.15, -0.1) is 11.8 Å². The van der Waals surface area contributed by atoms with Crippen LogP contribution in [-0.2, 0) is 6.42 Å². The van der Waals surface area contributed by atoms with Crippen molar-refractivity contribution in [3.63, 3.8) is 0 Å². The summed E-state index contributed by atoms with van der Waals surface area (Å²) >= 11 is 1.79. The molecule has 2 aromatic rings. The zero-order chi connectivity index (χ0) is 17.2. The summed E-state index contributed by atoms with van der Waals surface area (Å²) in [5.41, 5.74) is 3.22. The molecule has 0 saturated heterocycles. The Labute approximate surface area is 150 Å². The van der Waals surface area contributed by atoms with Crippen LogP contribution in [0.1, 0.15) is 54.6 Å². The maximum Gasteiger partial charge on any atom is 0.185 e. The van der Waals surface area contributed by atoms with Crippen molar-refractivity contribution in [3.05, 3.63) is 71.3 Å². The van der Waals surface area contributed by atoms with Crippen molar-refractivity contribution in [2.45, 2.75) is 44.4 Å². The van der Waals surface area contributed by atoms with Crippen LogP contribution in [0.4, 0.5) is 0 Å². The second kappa shape index (κ2) is 10.1. The van der Waals surface area contributed by atoms with Gasteiger partial charge in [0.05, 0.1) is 0 Å². The minimum atomic E-state index is 0.0615. The maximum atomic E-state index is 12.4. The predicted molar refractivity (Wildman–Crippen MR) is 106 cm³/mol. The minimum absolute atomic E-state index is 0.0615. The Morgan fingerprint density at radius 1 is 1.00 bits per heavy atom. The van der Waals surface area contributed by atoms with Crippen molar-refractivity contribution in [3.8, 4) is 0 Å². The first-order valence-corrected chi connectivity index (χ1v) is 9.76. The van der Waals surface area contributed by atoms with Gasteiger partial charge in [0, 0.05) is 10.5 Å². The van der Waals surface area contributed by atoms with Gasteiger partial charge in [0.25, 0.3) is 0 Å². The fraction of sp³-hybridized carbons (Fsp3) is 0.318. The highest BCUT2D eigenvalue weighted by molar-refractivity contribution is 7.99. The standard InChI is InChI=1S/C22H26OS/c1-3-5-6-9-18-10-7-8-11-19(18)14-17-22(23)20-12-15-21(16-13-20)24-4-2/h7-8,10-17H,3-6,9H2,1-2H3/b17-14+. The number of hydrogen-bond acceptors (Lipinski definition) is 2. The van der Waals surface area contributed by atoms with Gasteiger partial charge in [-0.3, -0.25) is 4.79 Å². The molecule has 0 aliphatic carbocycles. The van der Waals surface area contributed by atoms with E-state index in [4.69, 9.17) is 0 Å². The van der Waals surface area contributed by atoms with E-state index < -0.39 is 0 Å². The van der Waals surface area contributed by atoms with Crippen LogP contribution >= 0.6 is 11.8 Å². The lowest BCUT2D eigenvalue weighted by Gasteiger charge is -2.05. The van der Waals surface area contributed by atoms with Crippen LogP contribution < -0.4 is 0 Å². The first kappa shape index (κ1) is 18.5. The van der Waals surface area contributed by atoms with Crippen molar-refractivity contribution < 1.29 is 4.79 Å². The number of rotatable bonds is 9. The molecule has 24 heavy (non-hydrogen) atoms. The molecule has 0 bridgehead atoms. The van der Waals surface area contributed by atoms with Gasteiger partial charge >= 0.3 is 0 Å². The van der Waals surface area contributed by atoms with Crippen molar-refractivity contribution in [2.24, 2.45) is 0 Å². The van der Waals surface area contributed by atoms with E-state index in [1.807, 2.05) is 36.4 Å². The number of thioether (sulfide) groups is 1. The molecule has 0 spiro atoms. The van der Waals surface area contributed by atoms with Crippen molar-refractivity contribution in [1.29, 1.82) is 0 Å². The van der Waals surface area contributed by atoms with Crippen molar-refractivity contribution in [1.82, 2.24) is 0 Å². The number of hydrogen-bond donors (Lipinski definition) is 0. The summed E-state index contributed by atoms with van der Waals surface area (Å²) < 4.78 is 0. The van der Waals surface area contributed by atoms with Crippen LogP contribution in [0.25, 0.3) is 6.08 Å². The average molecular weight is 339 g/mol. The van der Waals surface area contributed by atoms with E-state index in [1.165, 1.54) is 29.7 Å². The van der Waals surface area contributed by atoms with Crippen LogP contribution in [0.15, 0.2) is 59.5 Å². The normalized spacial score (nSPS) is 11.1. The molecule has 0 aliphatic heterocycles. The Bertz CT molecular complexity index is 671. The smallest absolute Gasteiger partial charge is 0.185 e. The lowest BCUT2D eigenvalue weighted by molar-refractivity contribution is 0.104. The molecular formula is C22H26OS. The number of allylic oxidation sites excluding steroid dienone is 1. The number of unbranched alkanes of at least 4 members (excludes halogenated alkanes) is 2. The SMILES string of the molecule is CCCCCc1ccccc1/C=C/C(=O)c1ccc(SCC)cc1. The lowest BCUT2D eigenvalue weighted by atomic mass is 10.0. The van der Waals surface area contributed by atoms with Crippen LogP contribution in [0.5, 0.6) is 0 Å². The van der Waals surface area contributed by atoms with Gasteiger partial charge in [0.1, 0.15) is 0 Å². The largest absolute Gasteiger partial charge is 0.289 e. The highest BCUT2D eigenvalue weighted by atomic mass is 32.2. The van der Waals surface area contributed by atoms with Gasteiger partial charge in [0.15, 0.2) is 5.78 Å². The molecular weight excluding hydrogens is 312 g/mol. The molecule has 0 atom stereocenters. The third-order valence-electron chi connectivity index (χ3n) is 3.97. The van der Waals surface area contributed by atoms with Gasteiger partial charge in [-0.2, -0.15) is 0 Å². The predicted octanol–water partition coefficient (Wildman–Crippen LogP) is 6.43. The van der Waals surface area contributed by atoms with E-state index in [2.05, 4.69) is 32.0 Å². The topological polar surface area (TPSA) is 17.1 Å². The Kier molecular flexibility index (Phi) is 7.84. The molecule has 0 radical (unpaired) electrons. The Morgan fingerprint density at radius 2 is 1.75 bits per heavy atom. The number of ketones is 1. The van der Waals surface area contributed by atoms with Gasteiger partial charge < -0.3 is 0 Å². The number of aryl methyl sites for hydroxylation is 1. The monoisotopic (exact) mass is 338 g/mol. The van der Waals surface area contributed by atoms with Crippen molar-refractivity contribution in [2.75, 3.05) is 5.75 Å². The van der Waals surface area contributed by atoms with E-state index in [-0.39, 0.29) is 5.78 Å². The Balaban J connectivity index is 2.05. The molecule has 0 N–H and O–H groups in total. The summed E-state index contributed by atoms with van der Waals surface area (Å²) in [6.45, 7) is 4.35. The highest BCUT2D eigenvalue weighted by Gasteiger charge is 2.03. The molecule has 0 amide bonds. The van der Waals surface area contributed by atoms with E-state index in [0.29, 0.717) is 0 Å². The number of carbonyl (C=O) groups excluding carboxylic acids is 1. The maximum absolute atomic E-state index is 12.4. The van der Waals surface area contributed by atoms with Crippen LogP contribution in [0.3, 0.4) is 0 Å². The Hall–Kier alpha value is -1.80. The third-order valence-corrected chi connectivity index (χ3v) is 4.86. The first-order chi connectivity index (χ1) is 11.7. The average Bonchev–Trinajstić information content (AvgIpc) is 2.62. The summed E-state index contributed by atoms with van der Waals surface area (Å²) in [6.07, 6.45) is 8.40. The van der Waals surface area contributed by atoms with Gasteiger partial charge in [-0.25, -0.2) is 0 Å². The molecule has 1 nitrogen and oxygen atoms in total. The van der Waals surface area contributed by atoms with E-state index >= 15 is 0 Å². The Morgan fingerprint density at radius 3 is 2.46 bits per heavy atom. The summed E-state index contributed by atoms with van der Waals surface area (Å²) in [4.78, 5) is 13.6. The summed E-state index contributed by atoms with van der Waals surface area (Å²) in [5, 5.41) is 0. The van der Waals surface area contributed by atoms with Crippen molar-refractivity contribution >= 4 is 23.6 Å². The number of carbonyl (C=O) groups is 1. The van der Waals surface area contributed by atoms with Crippen LogP contribution in [-0.4, -0.2) is 11.5 Å². The van der Waals surface area contributed by atoms with Gasteiger partial charge in [-0.05, 0) is 60.1 Å². The molecule has 2 heteroatoms. The molecule has 0 heterocycles. The van der Waals surface area contributed by atoms with Gasteiger partial charge in [0.2, 0.25) is 0 Å².